The lowest BCUT2D eigenvalue weighted by atomic mass is 9.95. The zero-order valence-electron chi connectivity index (χ0n) is 10.6. The lowest BCUT2D eigenvalue weighted by molar-refractivity contribution is 0.537. The van der Waals surface area contributed by atoms with Gasteiger partial charge in [0.25, 0.3) is 0 Å². The van der Waals surface area contributed by atoms with Gasteiger partial charge in [-0.1, -0.05) is 34.1 Å². The fraction of sp³-hybridized carbons (Fsp3) is 0.692. The molecule has 0 saturated carbocycles. The van der Waals surface area contributed by atoms with E-state index in [0.29, 0.717) is 0 Å². The molecule has 0 aromatic carbocycles. The van der Waals surface area contributed by atoms with Gasteiger partial charge in [-0.25, -0.2) is 9.97 Å². The third-order valence-electron chi connectivity index (χ3n) is 2.36. The molecule has 1 heterocycles. The molecule has 0 fully saturated rings. The van der Waals surface area contributed by atoms with Crippen molar-refractivity contribution in [1.82, 2.24) is 9.97 Å². The van der Waals surface area contributed by atoms with Crippen LogP contribution in [-0.4, -0.2) is 9.97 Å². The van der Waals surface area contributed by atoms with Crippen molar-refractivity contribution >= 4 is 0 Å². The molecular weight excluding hydrogens is 184 g/mol. The Balaban J connectivity index is 2.95. The van der Waals surface area contributed by atoms with Crippen molar-refractivity contribution in [2.75, 3.05) is 0 Å². The molecule has 0 atom stereocenters. The number of unbranched alkanes of at least 4 members (excludes halogenated alkanes) is 1. The second-order valence-electron chi connectivity index (χ2n) is 5.18. The summed E-state index contributed by atoms with van der Waals surface area (Å²) in [5, 5.41) is 0. The van der Waals surface area contributed by atoms with Crippen LogP contribution in [0.4, 0.5) is 0 Å². The molecule has 0 unspecified atom stereocenters. The van der Waals surface area contributed by atoms with E-state index in [1.165, 1.54) is 18.5 Å². The van der Waals surface area contributed by atoms with Crippen LogP contribution in [0.2, 0.25) is 0 Å². The average molecular weight is 206 g/mol. The molecule has 2 heteroatoms. The average Bonchev–Trinajstić information content (AvgIpc) is 2.12. The molecule has 84 valence electrons. The first kappa shape index (κ1) is 12.2. The minimum atomic E-state index is 0.0486. The van der Waals surface area contributed by atoms with Gasteiger partial charge in [-0.15, -0.1) is 0 Å². The smallest absolute Gasteiger partial charge is 0.134 e. The molecular formula is C13H22N2. The minimum absolute atomic E-state index is 0.0486. The molecule has 0 aliphatic rings. The van der Waals surface area contributed by atoms with Crippen LogP contribution in [0.25, 0.3) is 0 Å². The molecule has 0 saturated heterocycles. The summed E-state index contributed by atoms with van der Waals surface area (Å²) < 4.78 is 0. The Morgan fingerprint density at radius 2 is 1.87 bits per heavy atom. The molecule has 0 amide bonds. The number of aryl methyl sites for hydroxylation is 2. The van der Waals surface area contributed by atoms with Crippen LogP contribution in [0.5, 0.6) is 0 Å². The van der Waals surface area contributed by atoms with Crippen molar-refractivity contribution in [3.63, 3.8) is 0 Å². The lowest BCUT2D eigenvalue weighted by Crippen LogP contribution is -2.17. The van der Waals surface area contributed by atoms with Crippen LogP contribution in [0.1, 0.15) is 57.7 Å². The summed E-state index contributed by atoms with van der Waals surface area (Å²) in [5.41, 5.74) is 2.32. The maximum Gasteiger partial charge on any atom is 0.134 e. The topological polar surface area (TPSA) is 25.8 Å². The minimum Gasteiger partial charge on any atom is -0.238 e. The highest BCUT2D eigenvalue weighted by Crippen LogP contribution is 2.19. The van der Waals surface area contributed by atoms with Gasteiger partial charge in [-0.3, -0.25) is 0 Å². The van der Waals surface area contributed by atoms with Gasteiger partial charge in [-0.2, -0.15) is 0 Å². The van der Waals surface area contributed by atoms with E-state index >= 15 is 0 Å². The molecule has 1 aromatic heterocycles. The molecule has 0 aliphatic heterocycles. The second kappa shape index (κ2) is 4.73. The maximum absolute atomic E-state index is 4.63. The van der Waals surface area contributed by atoms with Crippen molar-refractivity contribution in [1.29, 1.82) is 0 Å². The Bertz CT molecular complexity index is 324. The van der Waals surface area contributed by atoms with Crippen molar-refractivity contribution in [2.24, 2.45) is 0 Å². The van der Waals surface area contributed by atoms with E-state index in [-0.39, 0.29) is 5.41 Å². The largest absolute Gasteiger partial charge is 0.238 e. The maximum atomic E-state index is 4.63. The summed E-state index contributed by atoms with van der Waals surface area (Å²) in [6.07, 6.45) is 3.50. The van der Waals surface area contributed by atoms with Gasteiger partial charge >= 0.3 is 0 Å². The SMILES string of the molecule is CCCCc1cc(C)nc(C(C)(C)C)n1. The third-order valence-corrected chi connectivity index (χ3v) is 2.36. The van der Waals surface area contributed by atoms with Gasteiger partial charge in [0.05, 0.1) is 0 Å². The molecule has 0 radical (unpaired) electrons. The molecule has 0 spiro atoms. The van der Waals surface area contributed by atoms with Crippen LogP contribution in [0.3, 0.4) is 0 Å². The van der Waals surface area contributed by atoms with Gasteiger partial charge in [0.15, 0.2) is 0 Å². The van der Waals surface area contributed by atoms with Crippen molar-refractivity contribution < 1.29 is 0 Å². The number of aromatic nitrogens is 2. The molecule has 0 bridgehead atoms. The summed E-state index contributed by atoms with van der Waals surface area (Å²) in [6, 6.07) is 2.10. The van der Waals surface area contributed by atoms with E-state index in [2.05, 4.69) is 43.7 Å². The normalized spacial score (nSPS) is 11.8. The summed E-state index contributed by atoms with van der Waals surface area (Å²) >= 11 is 0. The Hall–Kier alpha value is -0.920. The Morgan fingerprint density at radius 1 is 1.20 bits per heavy atom. The number of hydrogen-bond donors (Lipinski definition) is 0. The number of hydrogen-bond acceptors (Lipinski definition) is 2. The van der Waals surface area contributed by atoms with E-state index in [9.17, 15) is 0 Å². The molecule has 1 rings (SSSR count). The molecule has 0 aliphatic carbocycles. The van der Waals surface area contributed by atoms with E-state index in [4.69, 9.17) is 0 Å². The van der Waals surface area contributed by atoms with Crippen LogP contribution in [0, 0.1) is 6.92 Å². The van der Waals surface area contributed by atoms with Crippen LogP contribution >= 0.6 is 0 Å². The fourth-order valence-electron chi connectivity index (χ4n) is 1.46. The Labute approximate surface area is 93.2 Å². The molecule has 15 heavy (non-hydrogen) atoms. The third kappa shape index (κ3) is 3.61. The predicted octanol–water partition coefficient (Wildman–Crippen LogP) is 3.43. The van der Waals surface area contributed by atoms with Crippen molar-refractivity contribution in [2.45, 2.75) is 59.3 Å². The Kier molecular flexibility index (Phi) is 3.83. The first-order valence-corrected chi connectivity index (χ1v) is 5.78. The van der Waals surface area contributed by atoms with E-state index < -0.39 is 0 Å². The highest BCUT2D eigenvalue weighted by molar-refractivity contribution is 5.14. The van der Waals surface area contributed by atoms with E-state index in [1.54, 1.807) is 0 Å². The summed E-state index contributed by atoms with van der Waals surface area (Å²) in [5.74, 6) is 0.966. The monoisotopic (exact) mass is 206 g/mol. The zero-order valence-corrected chi connectivity index (χ0v) is 10.6. The summed E-state index contributed by atoms with van der Waals surface area (Å²) in [7, 11) is 0. The van der Waals surface area contributed by atoms with Crippen LogP contribution < -0.4 is 0 Å². The Morgan fingerprint density at radius 3 is 2.40 bits per heavy atom. The summed E-state index contributed by atoms with van der Waals surface area (Å²) in [6.45, 7) is 10.7. The van der Waals surface area contributed by atoms with Crippen LogP contribution in [-0.2, 0) is 11.8 Å². The highest BCUT2D eigenvalue weighted by Gasteiger charge is 2.18. The van der Waals surface area contributed by atoms with E-state index in [1.807, 2.05) is 6.92 Å². The molecule has 0 N–H and O–H groups in total. The second-order valence-corrected chi connectivity index (χ2v) is 5.18. The lowest BCUT2D eigenvalue weighted by Gasteiger charge is -2.17. The van der Waals surface area contributed by atoms with Gasteiger partial charge in [0, 0.05) is 16.8 Å². The quantitative estimate of drug-likeness (QED) is 0.757. The predicted molar refractivity (Wildman–Crippen MR) is 64.1 cm³/mol. The highest BCUT2D eigenvalue weighted by atomic mass is 14.9. The van der Waals surface area contributed by atoms with Crippen molar-refractivity contribution in [3.05, 3.63) is 23.3 Å². The van der Waals surface area contributed by atoms with Gasteiger partial charge < -0.3 is 0 Å². The van der Waals surface area contributed by atoms with Crippen molar-refractivity contribution in [3.8, 4) is 0 Å². The number of nitrogens with zero attached hydrogens (tertiary/aromatic N) is 2. The van der Waals surface area contributed by atoms with Gasteiger partial charge in [-0.05, 0) is 25.8 Å². The number of rotatable bonds is 3. The van der Waals surface area contributed by atoms with Crippen LogP contribution in [0.15, 0.2) is 6.07 Å². The zero-order chi connectivity index (χ0) is 11.5. The first-order valence-electron chi connectivity index (χ1n) is 5.78. The molecule has 2 nitrogen and oxygen atoms in total. The summed E-state index contributed by atoms with van der Waals surface area (Å²) in [4.78, 5) is 9.13. The fourth-order valence-corrected chi connectivity index (χ4v) is 1.46. The first-order chi connectivity index (χ1) is 6.93. The van der Waals surface area contributed by atoms with Gasteiger partial charge in [0.1, 0.15) is 5.82 Å². The van der Waals surface area contributed by atoms with Gasteiger partial charge in [0.2, 0.25) is 0 Å². The van der Waals surface area contributed by atoms with E-state index in [0.717, 1.165) is 17.9 Å². The molecule has 1 aromatic rings. The standard InChI is InChI=1S/C13H22N2/c1-6-7-8-11-9-10(2)14-12(15-11)13(3,4)5/h9H,6-8H2,1-5H3.